The third-order valence-corrected chi connectivity index (χ3v) is 3.08. The van der Waals surface area contributed by atoms with Crippen LogP contribution in [0.25, 0.3) is 16.5 Å². The van der Waals surface area contributed by atoms with Gasteiger partial charge in [-0.1, -0.05) is 0 Å². The first-order chi connectivity index (χ1) is 10.8. The smallest absolute Gasteiger partial charge is 0.328 e. The quantitative estimate of drug-likeness (QED) is 0.592. The Hall–Kier alpha value is -3.13. The van der Waals surface area contributed by atoms with Crippen molar-refractivity contribution in [2.45, 2.75) is 12.5 Å². The number of hydrogen-bond acceptors (Lipinski definition) is 6. The average Bonchev–Trinajstić information content (AvgIpc) is 2.44. The molecular weight excluding hydrogens is 308 g/mol. The van der Waals surface area contributed by atoms with Crippen LogP contribution in [0, 0.1) is 0 Å². The standard InChI is InChI=1S/C15H12O8/c16-7-1-2-8-12(3-7)23-6-10(15(8)22)9(4-13(18)19)11(17)5-14(20)21/h1-4,6,11,16-17H,5H2,(H,18,19)(H,20,21)/b9-4-/t11-/m0/s1. The summed E-state index contributed by atoms with van der Waals surface area (Å²) >= 11 is 0. The summed E-state index contributed by atoms with van der Waals surface area (Å²) in [6.45, 7) is 0. The molecule has 0 aliphatic rings. The van der Waals surface area contributed by atoms with E-state index in [9.17, 15) is 24.6 Å². The lowest BCUT2D eigenvalue weighted by atomic mass is 9.98. The second kappa shape index (κ2) is 6.32. The number of carboxylic acid groups (broad SMARTS) is 2. The Morgan fingerprint density at radius 3 is 2.57 bits per heavy atom. The summed E-state index contributed by atoms with van der Waals surface area (Å²) in [7, 11) is 0. The molecule has 1 aromatic carbocycles. The topological polar surface area (TPSA) is 145 Å². The highest BCUT2D eigenvalue weighted by Gasteiger charge is 2.22. The highest BCUT2D eigenvalue weighted by Crippen LogP contribution is 2.23. The summed E-state index contributed by atoms with van der Waals surface area (Å²) in [6.07, 6.45) is -0.983. The van der Waals surface area contributed by atoms with Crippen LogP contribution in [0.15, 0.2) is 39.7 Å². The van der Waals surface area contributed by atoms with Crippen molar-refractivity contribution in [2.24, 2.45) is 0 Å². The summed E-state index contributed by atoms with van der Waals surface area (Å²) in [5, 5.41) is 36.9. The van der Waals surface area contributed by atoms with Crippen LogP contribution in [0.3, 0.4) is 0 Å². The molecule has 0 saturated heterocycles. The lowest BCUT2D eigenvalue weighted by Gasteiger charge is -2.12. The maximum absolute atomic E-state index is 12.4. The van der Waals surface area contributed by atoms with Crippen LogP contribution < -0.4 is 5.43 Å². The molecule has 0 aliphatic carbocycles. The highest BCUT2D eigenvalue weighted by atomic mass is 16.4. The van der Waals surface area contributed by atoms with Gasteiger partial charge in [-0.2, -0.15) is 0 Å². The number of aliphatic hydroxyl groups is 1. The lowest BCUT2D eigenvalue weighted by Crippen LogP contribution is -2.20. The first-order valence-corrected chi connectivity index (χ1v) is 6.39. The maximum atomic E-state index is 12.4. The van der Waals surface area contributed by atoms with Crippen molar-refractivity contribution < 1.29 is 34.4 Å². The third kappa shape index (κ3) is 3.55. The van der Waals surface area contributed by atoms with E-state index in [1.54, 1.807) is 0 Å². The third-order valence-electron chi connectivity index (χ3n) is 3.08. The zero-order valence-corrected chi connectivity index (χ0v) is 11.6. The van der Waals surface area contributed by atoms with E-state index in [2.05, 4.69) is 0 Å². The molecule has 0 fully saturated rings. The number of hydrogen-bond donors (Lipinski definition) is 4. The van der Waals surface area contributed by atoms with Gasteiger partial charge in [0.2, 0.25) is 0 Å². The number of benzene rings is 1. The van der Waals surface area contributed by atoms with Crippen LogP contribution in [0.2, 0.25) is 0 Å². The molecule has 4 N–H and O–H groups in total. The molecule has 1 aromatic heterocycles. The van der Waals surface area contributed by atoms with Gasteiger partial charge in [-0.25, -0.2) is 4.79 Å². The fourth-order valence-corrected chi connectivity index (χ4v) is 2.08. The first-order valence-electron chi connectivity index (χ1n) is 6.39. The summed E-state index contributed by atoms with van der Waals surface area (Å²) in [5.41, 5.74) is -1.22. The molecular formula is C15H12O8. The van der Waals surface area contributed by atoms with Gasteiger partial charge in [-0.15, -0.1) is 0 Å². The molecule has 0 saturated carbocycles. The number of aromatic hydroxyl groups is 1. The minimum Gasteiger partial charge on any atom is -0.508 e. The van der Waals surface area contributed by atoms with Crippen molar-refractivity contribution in [3.05, 3.63) is 46.3 Å². The van der Waals surface area contributed by atoms with Gasteiger partial charge in [0.1, 0.15) is 17.6 Å². The van der Waals surface area contributed by atoms with E-state index in [4.69, 9.17) is 14.6 Å². The van der Waals surface area contributed by atoms with Gasteiger partial charge in [0.15, 0.2) is 5.43 Å². The number of carboxylic acids is 2. The van der Waals surface area contributed by atoms with E-state index in [-0.39, 0.29) is 27.9 Å². The lowest BCUT2D eigenvalue weighted by molar-refractivity contribution is -0.138. The van der Waals surface area contributed by atoms with E-state index in [0.717, 1.165) is 6.26 Å². The van der Waals surface area contributed by atoms with Crippen LogP contribution in [-0.4, -0.2) is 38.5 Å². The van der Waals surface area contributed by atoms with Crippen LogP contribution in [-0.2, 0) is 9.59 Å². The Bertz CT molecular complexity index is 861. The molecule has 1 atom stereocenters. The molecule has 8 heteroatoms. The minimum atomic E-state index is -1.69. The molecule has 1 heterocycles. The Balaban J connectivity index is 2.64. The van der Waals surface area contributed by atoms with Crippen LogP contribution in [0.4, 0.5) is 0 Å². The van der Waals surface area contributed by atoms with Crippen molar-refractivity contribution in [2.75, 3.05) is 0 Å². The van der Waals surface area contributed by atoms with E-state index in [1.165, 1.54) is 18.2 Å². The Kier molecular flexibility index (Phi) is 4.47. The predicted molar refractivity (Wildman–Crippen MR) is 78.0 cm³/mol. The van der Waals surface area contributed by atoms with Gasteiger partial charge in [-0.05, 0) is 12.1 Å². The second-order valence-corrected chi connectivity index (χ2v) is 4.71. The molecule has 8 nitrogen and oxygen atoms in total. The van der Waals surface area contributed by atoms with E-state index >= 15 is 0 Å². The van der Waals surface area contributed by atoms with Gasteiger partial charge < -0.3 is 24.8 Å². The van der Waals surface area contributed by atoms with Crippen molar-refractivity contribution in [1.82, 2.24) is 0 Å². The van der Waals surface area contributed by atoms with Gasteiger partial charge in [-0.3, -0.25) is 9.59 Å². The Morgan fingerprint density at radius 1 is 1.26 bits per heavy atom. The minimum absolute atomic E-state index is 0.0547. The Labute approximate surface area is 128 Å². The van der Waals surface area contributed by atoms with Gasteiger partial charge in [0, 0.05) is 17.7 Å². The highest BCUT2D eigenvalue weighted by molar-refractivity contribution is 5.93. The van der Waals surface area contributed by atoms with Crippen molar-refractivity contribution in [3.63, 3.8) is 0 Å². The Morgan fingerprint density at radius 2 is 1.96 bits per heavy atom. The number of aliphatic carboxylic acids is 2. The molecule has 2 rings (SSSR count). The largest absolute Gasteiger partial charge is 0.508 e. The molecule has 0 spiro atoms. The molecule has 0 radical (unpaired) electrons. The van der Waals surface area contributed by atoms with E-state index < -0.39 is 29.9 Å². The predicted octanol–water partition coefficient (Wildman–Crippen LogP) is 0.802. The zero-order valence-electron chi connectivity index (χ0n) is 11.6. The molecule has 0 aliphatic heterocycles. The molecule has 2 aromatic rings. The normalized spacial score (nSPS) is 13.0. The molecule has 23 heavy (non-hydrogen) atoms. The molecule has 0 bridgehead atoms. The summed E-state index contributed by atoms with van der Waals surface area (Å²) in [6, 6.07) is 3.73. The van der Waals surface area contributed by atoms with E-state index in [0.29, 0.717) is 6.08 Å². The average molecular weight is 320 g/mol. The molecule has 0 unspecified atom stereocenters. The number of aliphatic hydroxyl groups excluding tert-OH is 1. The second-order valence-electron chi connectivity index (χ2n) is 4.71. The van der Waals surface area contributed by atoms with Gasteiger partial charge in [0.05, 0.1) is 23.5 Å². The van der Waals surface area contributed by atoms with Gasteiger partial charge >= 0.3 is 11.9 Å². The zero-order chi connectivity index (χ0) is 17.1. The van der Waals surface area contributed by atoms with Crippen molar-refractivity contribution >= 4 is 28.5 Å². The summed E-state index contributed by atoms with van der Waals surface area (Å²) < 4.78 is 5.17. The fraction of sp³-hybridized carbons (Fsp3) is 0.133. The van der Waals surface area contributed by atoms with Crippen LogP contribution in [0.5, 0.6) is 5.75 Å². The number of phenols is 1. The SMILES string of the molecule is O=C(O)/C=C(/c1coc2cc(O)ccc2c1=O)[C@@H](O)CC(=O)O. The summed E-state index contributed by atoms with van der Waals surface area (Å²) in [4.78, 5) is 34.0. The van der Waals surface area contributed by atoms with Crippen molar-refractivity contribution in [1.29, 1.82) is 0 Å². The fourth-order valence-electron chi connectivity index (χ4n) is 2.08. The number of rotatable bonds is 5. The van der Waals surface area contributed by atoms with Crippen molar-refractivity contribution in [3.8, 4) is 5.75 Å². The van der Waals surface area contributed by atoms with Crippen LogP contribution in [0.1, 0.15) is 12.0 Å². The molecule has 120 valence electrons. The van der Waals surface area contributed by atoms with Gasteiger partial charge in [0.25, 0.3) is 0 Å². The number of fused-ring (bicyclic) bond motifs is 1. The maximum Gasteiger partial charge on any atom is 0.328 e. The van der Waals surface area contributed by atoms with E-state index in [1.807, 2.05) is 0 Å². The number of carbonyl (C=O) groups is 2. The van der Waals surface area contributed by atoms with Crippen LogP contribution >= 0.6 is 0 Å². The summed E-state index contributed by atoms with van der Waals surface area (Å²) in [5.74, 6) is -2.93. The molecule has 0 amide bonds. The first kappa shape index (κ1) is 16.2. The monoisotopic (exact) mass is 320 g/mol. The number of phenolic OH excluding ortho intramolecular Hbond substituents is 1.